The van der Waals surface area contributed by atoms with Crippen LogP contribution in [0.25, 0.3) is 0 Å². The summed E-state index contributed by atoms with van der Waals surface area (Å²) in [6, 6.07) is 21.3. The quantitative estimate of drug-likeness (QED) is 0.366. The van der Waals surface area contributed by atoms with Gasteiger partial charge in [-0.05, 0) is 82.6 Å². The Morgan fingerprint density at radius 3 is 2.36 bits per heavy atom. The van der Waals surface area contributed by atoms with Crippen molar-refractivity contribution in [3.05, 3.63) is 89.0 Å². The van der Waals surface area contributed by atoms with Crippen LogP contribution in [-0.2, 0) is 16.0 Å². The molecule has 0 saturated carbocycles. The van der Waals surface area contributed by atoms with Crippen molar-refractivity contribution in [2.45, 2.75) is 65.1 Å². The molecule has 2 atom stereocenters. The second kappa shape index (κ2) is 10.6. The van der Waals surface area contributed by atoms with Gasteiger partial charge in [-0.15, -0.1) is 0 Å². The summed E-state index contributed by atoms with van der Waals surface area (Å²) in [5.41, 5.74) is 3.85. The highest BCUT2D eigenvalue weighted by molar-refractivity contribution is 5.89. The van der Waals surface area contributed by atoms with E-state index in [-0.39, 0.29) is 6.10 Å². The zero-order valence-corrected chi connectivity index (χ0v) is 21.8. The first-order chi connectivity index (χ1) is 17.2. The maximum absolute atomic E-state index is 13.1. The summed E-state index contributed by atoms with van der Waals surface area (Å²) in [5, 5.41) is 3.49. The van der Waals surface area contributed by atoms with Crippen molar-refractivity contribution in [2.24, 2.45) is 0 Å². The van der Waals surface area contributed by atoms with Gasteiger partial charge in [0.15, 0.2) is 6.10 Å². The van der Waals surface area contributed by atoms with Crippen LogP contribution in [0.3, 0.4) is 0 Å². The van der Waals surface area contributed by atoms with E-state index in [2.05, 4.69) is 36.5 Å². The summed E-state index contributed by atoms with van der Waals surface area (Å²) in [4.78, 5) is 13.1. The minimum Gasteiger partial charge on any atom is -0.497 e. The summed E-state index contributed by atoms with van der Waals surface area (Å²) < 4.78 is 24.0. The van der Waals surface area contributed by atoms with Gasteiger partial charge in [0, 0.05) is 17.8 Å². The molecule has 0 bridgehead atoms. The van der Waals surface area contributed by atoms with Crippen LogP contribution in [0.5, 0.6) is 11.5 Å². The van der Waals surface area contributed by atoms with E-state index in [1.165, 1.54) is 11.1 Å². The maximum atomic E-state index is 13.1. The summed E-state index contributed by atoms with van der Waals surface area (Å²) >= 11 is 0. The van der Waals surface area contributed by atoms with Crippen molar-refractivity contribution in [2.75, 3.05) is 12.4 Å². The fourth-order valence-corrected chi connectivity index (χ4v) is 4.30. The number of benzene rings is 3. The van der Waals surface area contributed by atoms with Crippen molar-refractivity contribution in [1.29, 1.82) is 0 Å². The van der Waals surface area contributed by atoms with Crippen LogP contribution in [0.1, 0.15) is 60.8 Å². The fraction of sp³-hybridized carbons (Fsp3) is 0.367. The summed E-state index contributed by atoms with van der Waals surface area (Å²) in [7, 11) is 1.59. The van der Waals surface area contributed by atoms with Crippen molar-refractivity contribution < 1.29 is 23.7 Å². The van der Waals surface area contributed by atoms with E-state index in [0.717, 1.165) is 17.0 Å². The van der Waals surface area contributed by atoms with E-state index in [1.54, 1.807) is 31.4 Å². The van der Waals surface area contributed by atoms with Crippen LogP contribution >= 0.6 is 0 Å². The van der Waals surface area contributed by atoms with Gasteiger partial charge in [0.05, 0.1) is 18.8 Å². The number of fused-ring (bicyclic) bond motifs is 1. The Morgan fingerprint density at radius 1 is 1.03 bits per heavy atom. The van der Waals surface area contributed by atoms with Gasteiger partial charge in [0.2, 0.25) is 0 Å². The Hall–Kier alpha value is -3.51. The molecule has 0 spiro atoms. The number of hydrogen-bond acceptors (Lipinski definition) is 6. The highest BCUT2D eigenvalue weighted by atomic mass is 16.6. The first-order valence-corrected chi connectivity index (χ1v) is 12.3. The molecule has 6 nitrogen and oxygen atoms in total. The molecule has 0 aliphatic carbocycles. The molecule has 0 fully saturated rings. The van der Waals surface area contributed by atoms with Crippen LogP contribution < -0.4 is 14.8 Å². The van der Waals surface area contributed by atoms with Gasteiger partial charge in [-0.25, -0.2) is 4.79 Å². The highest BCUT2D eigenvalue weighted by Gasteiger charge is 2.48. The Morgan fingerprint density at radius 2 is 1.72 bits per heavy atom. The Balaban J connectivity index is 1.60. The van der Waals surface area contributed by atoms with Gasteiger partial charge < -0.3 is 24.3 Å². The van der Waals surface area contributed by atoms with Gasteiger partial charge in [-0.2, -0.15) is 0 Å². The Kier molecular flexibility index (Phi) is 7.55. The second-order valence-corrected chi connectivity index (χ2v) is 9.96. The van der Waals surface area contributed by atoms with Crippen LogP contribution in [0.15, 0.2) is 66.7 Å². The minimum atomic E-state index is -0.800. The average molecular weight is 490 g/mol. The molecular formula is C30H35NO5. The number of nitrogens with one attached hydrogen (secondary N) is 1. The van der Waals surface area contributed by atoms with Crippen molar-refractivity contribution in [3.63, 3.8) is 0 Å². The molecule has 0 saturated heterocycles. The third-order valence-electron chi connectivity index (χ3n) is 6.25. The number of rotatable bonds is 8. The molecule has 3 aromatic rings. The molecule has 0 aromatic heterocycles. The summed E-state index contributed by atoms with van der Waals surface area (Å²) in [6.07, 6.45) is -1.23. The zero-order chi connectivity index (χ0) is 25.9. The molecule has 0 radical (unpaired) electrons. The first kappa shape index (κ1) is 25.6. The second-order valence-electron chi connectivity index (χ2n) is 9.96. The third kappa shape index (κ3) is 5.82. The van der Waals surface area contributed by atoms with E-state index in [4.69, 9.17) is 18.9 Å². The molecule has 1 aliphatic rings. The lowest BCUT2D eigenvalue weighted by atomic mass is 9.87. The molecular weight excluding hydrogens is 454 g/mol. The molecule has 0 amide bonds. The monoisotopic (exact) mass is 489 g/mol. The van der Waals surface area contributed by atoms with Gasteiger partial charge in [-0.1, -0.05) is 29.8 Å². The lowest BCUT2D eigenvalue weighted by molar-refractivity contribution is -0.151. The van der Waals surface area contributed by atoms with Crippen LogP contribution in [-0.4, -0.2) is 30.9 Å². The number of methoxy groups -OCH3 is 1. The smallest absolute Gasteiger partial charge is 0.338 e. The molecule has 1 N–H and O–H groups in total. The number of esters is 1. The van der Waals surface area contributed by atoms with Crippen molar-refractivity contribution in [3.8, 4) is 11.5 Å². The molecule has 3 aromatic carbocycles. The minimum absolute atomic E-state index is 0.0805. The van der Waals surface area contributed by atoms with E-state index < -0.39 is 23.8 Å². The maximum Gasteiger partial charge on any atom is 0.338 e. The average Bonchev–Trinajstić information content (AvgIpc) is 2.85. The van der Waals surface area contributed by atoms with E-state index in [1.807, 2.05) is 45.9 Å². The fourth-order valence-electron chi connectivity index (χ4n) is 4.30. The molecule has 190 valence electrons. The predicted molar refractivity (Wildman–Crippen MR) is 141 cm³/mol. The van der Waals surface area contributed by atoms with Crippen LogP contribution in [0.2, 0.25) is 0 Å². The van der Waals surface area contributed by atoms with Gasteiger partial charge in [0.25, 0.3) is 0 Å². The predicted octanol–water partition coefficient (Wildman–Crippen LogP) is 6.48. The van der Waals surface area contributed by atoms with Gasteiger partial charge in [-0.3, -0.25) is 0 Å². The molecule has 4 rings (SSSR count). The normalized spacial score (nSPS) is 18.2. The highest BCUT2D eigenvalue weighted by Crippen LogP contribution is 2.45. The Bertz CT molecular complexity index is 1180. The SMILES string of the molecule is COc1ccc(C(=O)OC2C(OC(C)C)c3cc(NCc4ccc(C)cc4)ccc3OC2(C)C)cc1. The van der Waals surface area contributed by atoms with Crippen molar-refractivity contribution in [1.82, 2.24) is 0 Å². The molecule has 36 heavy (non-hydrogen) atoms. The molecule has 6 heteroatoms. The molecule has 1 heterocycles. The van der Waals surface area contributed by atoms with Crippen LogP contribution in [0.4, 0.5) is 5.69 Å². The first-order valence-electron chi connectivity index (χ1n) is 12.3. The topological polar surface area (TPSA) is 66.0 Å². The standard InChI is InChI=1S/C30H35NO5/c1-19(2)34-27-25-17-23(31-18-21-9-7-20(3)8-10-21)13-16-26(25)36-30(4,5)28(27)35-29(32)22-11-14-24(33-6)15-12-22/h7-17,19,27-28,31H,18H2,1-6H3. The zero-order valence-electron chi connectivity index (χ0n) is 21.8. The molecule has 1 aliphatic heterocycles. The largest absolute Gasteiger partial charge is 0.497 e. The third-order valence-corrected chi connectivity index (χ3v) is 6.25. The summed E-state index contributed by atoms with van der Waals surface area (Å²) in [6.45, 7) is 10.6. The van der Waals surface area contributed by atoms with E-state index >= 15 is 0 Å². The number of carbonyl (C=O) groups excluding carboxylic acids is 1. The number of hydrogen-bond donors (Lipinski definition) is 1. The van der Waals surface area contributed by atoms with Crippen molar-refractivity contribution >= 4 is 11.7 Å². The number of ether oxygens (including phenoxy) is 4. The van der Waals surface area contributed by atoms with Gasteiger partial charge in [0.1, 0.15) is 23.2 Å². The lowest BCUT2D eigenvalue weighted by Crippen LogP contribution is -2.52. The number of carbonyl (C=O) groups is 1. The number of aryl methyl sites for hydroxylation is 1. The lowest BCUT2D eigenvalue weighted by Gasteiger charge is -2.44. The van der Waals surface area contributed by atoms with E-state index in [9.17, 15) is 4.79 Å². The number of anilines is 1. The summed E-state index contributed by atoms with van der Waals surface area (Å²) in [5.74, 6) is 0.963. The van der Waals surface area contributed by atoms with E-state index in [0.29, 0.717) is 17.9 Å². The van der Waals surface area contributed by atoms with Crippen LogP contribution in [0, 0.1) is 6.92 Å². The Labute approximate surface area is 213 Å². The van der Waals surface area contributed by atoms with Gasteiger partial charge >= 0.3 is 5.97 Å². The molecule has 2 unspecified atom stereocenters.